The molecule has 2 saturated heterocycles. The summed E-state index contributed by atoms with van der Waals surface area (Å²) in [5.41, 5.74) is 3.99. The topological polar surface area (TPSA) is 92.4 Å². The Morgan fingerprint density at radius 3 is 2.39 bits per heavy atom. The number of amides is 2. The molecule has 0 saturated carbocycles. The summed E-state index contributed by atoms with van der Waals surface area (Å²) in [6, 6.07) is 23.2. The maximum absolute atomic E-state index is 13.4. The summed E-state index contributed by atoms with van der Waals surface area (Å²) in [6.45, 7) is 4.52. The summed E-state index contributed by atoms with van der Waals surface area (Å²) < 4.78 is 16.8. The van der Waals surface area contributed by atoms with Gasteiger partial charge in [-0.25, -0.2) is 0 Å². The predicted molar refractivity (Wildman–Crippen MR) is 160 cm³/mol. The monoisotopic (exact) mass is 558 g/mol. The van der Waals surface area contributed by atoms with Crippen molar-refractivity contribution in [3.8, 4) is 5.75 Å². The molecule has 0 aromatic heterocycles. The van der Waals surface area contributed by atoms with E-state index >= 15 is 0 Å². The van der Waals surface area contributed by atoms with Gasteiger partial charge in [0.1, 0.15) is 12.4 Å². The summed E-state index contributed by atoms with van der Waals surface area (Å²) in [6.07, 6.45) is 1.99. The first kappa shape index (κ1) is 28.4. The first-order chi connectivity index (χ1) is 20.1. The number of nitrogens with zero attached hydrogens (tertiary/aromatic N) is 2. The van der Waals surface area contributed by atoms with Crippen molar-refractivity contribution >= 4 is 28.9 Å². The van der Waals surface area contributed by atoms with Gasteiger partial charge < -0.3 is 34.6 Å². The Hall–Kier alpha value is -4.08. The van der Waals surface area contributed by atoms with Gasteiger partial charge in [0, 0.05) is 50.7 Å². The summed E-state index contributed by atoms with van der Waals surface area (Å²) in [5, 5.41) is 5.93. The lowest BCUT2D eigenvalue weighted by Crippen LogP contribution is -2.47. The van der Waals surface area contributed by atoms with Gasteiger partial charge in [-0.1, -0.05) is 42.5 Å². The molecule has 2 aliphatic rings. The maximum Gasteiger partial charge on any atom is 0.253 e. The van der Waals surface area contributed by atoms with Crippen molar-refractivity contribution in [1.29, 1.82) is 0 Å². The molecular formula is C32H38N4O5. The van der Waals surface area contributed by atoms with E-state index in [0.717, 1.165) is 68.3 Å². The van der Waals surface area contributed by atoms with Crippen LogP contribution in [0, 0.1) is 0 Å². The molecular weight excluding hydrogens is 520 g/mol. The van der Waals surface area contributed by atoms with E-state index in [0.29, 0.717) is 24.4 Å². The standard InChI is InChI=1S/C32H38N4O5/c1-39-30-12-6-5-11-29(30)36-17-15-35(16-18-36)28-14-13-25(20-27(28)32(38)33-21-26-10-7-19-41-26)34-31(37)23-40-22-24-8-3-2-4-9-24/h2-6,8-9,11-14,20,26H,7,10,15-19,21-23H2,1H3,(H,33,38)(H,34,37). The smallest absolute Gasteiger partial charge is 0.253 e. The zero-order valence-electron chi connectivity index (χ0n) is 23.5. The Balaban J connectivity index is 1.26. The highest BCUT2D eigenvalue weighted by molar-refractivity contribution is 6.02. The molecule has 5 rings (SSSR count). The number of ether oxygens (including phenoxy) is 3. The lowest BCUT2D eigenvalue weighted by atomic mass is 10.1. The molecule has 216 valence electrons. The van der Waals surface area contributed by atoms with Gasteiger partial charge in [0.15, 0.2) is 0 Å². The van der Waals surface area contributed by atoms with Crippen molar-refractivity contribution in [3.05, 3.63) is 83.9 Å². The van der Waals surface area contributed by atoms with E-state index in [1.807, 2.05) is 60.7 Å². The molecule has 9 nitrogen and oxygen atoms in total. The van der Waals surface area contributed by atoms with Crippen molar-refractivity contribution in [2.45, 2.75) is 25.6 Å². The number of piperazine rings is 1. The molecule has 1 atom stereocenters. The third-order valence-electron chi connectivity index (χ3n) is 7.43. The molecule has 2 amide bonds. The third kappa shape index (κ3) is 7.56. The highest BCUT2D eigenvalue weighted by atomic mass is 16.5. The number of methoxy groups -OCH3 is 1. The molecule has 41 heavy (non-hydrogen) atoms. The second kappa shape index (κ2) is 14.0. The fourth-order valence-electron chi connectivity index (χ4n) is 5.29. The summed E-state index contributed by atoms with van der Waals surface area (Å²) in [4.78, 5) is 30.6. The minimum atomic E-state index is -0.273. The summed E-state index contributed by atoms with van der Waals surface area (Å²) >= 11 is 0. The normalized spacial score (nSPS) is 16.9. The van der Waals surface area contributed by atoms with Gasteiger partial charge >= 0.3 is 0 Å². The largest absolute Gasteiger partial charge is 0.495 e. The first-order valence-corrected chi connectivity index (χ1v) is 14.2. The highest BCUT2D eigenvalue weighted by Gasteiger charge is 2.25. The lowest BCUT2D eigenvalue weighted by Gasteiger charge is -2.38. The van der Waals surface area contributed by atoms with Gasteiger partial charge in [-0.15, -0.1) is 0 Å². The van der Waals surface area contributed by atoms with Crippen molar-refractivity contribution in [3.63, 3.8) is 0 Å². The van der Waals surface area contributed by atoms with Crippen LogP contribution in [0.1, 0.15) is 28.8 Å². The van der Waals surface area contributed by atoms with Crippen LogP contribution in [0.5, 0.6) is 5.75 Å². The SMILES string of the molecule is COc1ccccc1N1CCN(c2ccc(NC(=O)COCc3ccccc3)cc2C(=O)NCC2CCCO2)CC1. The zero-order valence-corrected chi connectivity index (χ0v) is 23.5. The maximum atomic E-state index is 13.4. The van der Waals surface area contributed by atoms with Gasteiger partial charge in [-0.05, 0) is 48.7 Å². The van der Waals surface area contributed by atoms with E-state index in [1.165, 1.54) is 0 Å². The van der Waals surface area contributed by atoms with Crippen molar-refractivity contribution in [2.75, 3.05) is 68.2 Å². The molecule has 2 heterocycles. The van der Waals surface area contributed by atoms with Gasteiger partial charge in [-0.3, -0.25) is 9.59 Å². The Bertz CT molecular complexity index is 1300. The third-order valence-corrected chi connectivity index (χ3v) is 7.43. The van der Waals surface area contributed by atoms with Crippen LogP contribution < -0.4 is 25.2 Å². The Morgan fingerprint density at radius 1 is 0.927 bits per heavy atom. The van der Waals surface area contributed by atoms with Crippen LogP contribution in [0.4, 0.5) is 17.1 Å². The fourth-order valence-corrected chi connectivity index (χ4v) is 5.29. The number of rotatable bonds is 11. The molecule has 2 aliphatic heterocycles. The number of hydrogen-bond acceptors (Lipinski definition) is 7. The van der Waals surface area contributed by atoms with E-state index in [2.05, 4.69) is 26.5 Å². The molecule has 0 bridgehead atoms. The van der Waals surface area contributed by atoms with Crippen LogP contribution >= 0.6 is 0 Å². The quantitative estimate of drug-likeness (QED) is 0.366. The van der Waals surface area contributed by atoms with Gasteiger partial charge in [0.25, 0.3) is 5.91 Å². The number of hydrogen-bond donors (Lipinski definition) is 2. The average molecular weight is 559 g/mol. The number of nitrogens with one attached hydrogen (secondary N) is 2. The van der Waals surface area contributed by atoms with Crippen LogP contribution in [0.15, 0.2) is 72.8 Å². The van der Waals surface area contributed by atoms with Crippen LogP contribution in [0.2, 0.25) is 0 Å². The Morgan fingerprint density at radius 2 is 1.66 bits per heavy atom. The number of benzene rings is 3. The van der Waals surface area contributed by atoms with Crippen LogP contribution in [0.25, 0.3) is 0 Å². The first-order valence-electron chi connectivity index (χ1n) is 14.2. The van der Waals surface area contributed by atoms with Gasteiger partial charge in [0.05, 0.1) is 31.1 Å². The second-order valence-electron chi connectivity index (χ2n) is 10.2. The van der Waals surface area contributed by atoms with Gasteiger partial charge in [-0.2, -0.15) is 0 Å². The Labute approximate surface area is 241 Å². The molecule has 3 aromatic carbocycles. The van der Waals surface area contributed by atoms with E-state index in [-0.39, 0.29) is 24.5 Å². The second-order valence-corrected chi connectivity index (χ2v) is 10.2. The minimum absolute atomic E-state index is 0.0384. The fraction of sp³-hybridized carbons (Fsp3) is 0.375. The lowest BCUT2D eigenvalue weighted by molar-refractivity contribution is -0.121. The number of para-hydroxylation sites is 2. The number of carbonyl (C=O) groups is 2. The molecule has 0 aliphatic carbocycles. The summed E-state index contributed by atoms with van der Waals surface area (Å²) in [7, 11) is 1.69. The molecule has 1 unspecified atom stereocenters. The average Bonchev–Trinajstić information content (AvgIpc) is 3.54. The van der Waals surface area contributed by atoms with Crippen molar-refractivity contribution < 1.29 is 23.8 Å². The number of carbonyl (C=O) groups excluding carboxylic acids is 2. The molecule has 2 fully saturated rings. The summed E-state index contributed by atoms with van der Waals surface area (Å²) in [5.74, 6) is 0.395. The van der Waals surface area contributed by atoms with E-state index in [4.69, 9.17) is 14.2 Å². The van der Waals surface area contributed by atoms with Crippen LogP contribution in [0.3, 0.4) is 0 Å². The van der Waals surface area contributed by atoms with Crippen LogP contribution in [-0.4, -0.2) is 71.0 Å². The molecule has 9 heteroatoms. The number of anilines is 3. The molecule has 2 N–H and O–H groups in total. The van der Waals surface area contributed by atoms with Crippen molar-refractivity contribution in [2.24, 2.45) is 0 Å². The van der Waals surface area contributed by atoms with E-state index in [9.17, 15) is 9.59 Å². The van der Waals surface area contributed by atoms with E-state index < -0.39 is 0 Å². The predicted octanol–water partition coefficient (Wildman–Crippen LogP) is 4.09. The van der Waals surface area contributed by atoms with Gasteiger partial charge in [0.2, 0.25) is 5.91 Å². The Kier molecular flexibility index (Phi) is 9.72. The van der Waals surface area contributed by atoms with Crippen molar-refractivity contribution in [1.82, 2.24) is 5.32 Å². The minimum Gasteiger partial charge on any atom is -0.495 e. The molecule has 0 spiro atoms. The molecule has 3 aromatic rings. The van der Waals surface area contributed by atoms with Crippen LogP contribution in [-0.2, 0) is 20.9 Å². The van der Waals surface area contributed by atoms with E-state index in [1.54, 1.807) is 13.2 Å². The highest BCUT2D eigenvalue weighted by Crippen LogP contribution is 2.31. The molecule has 0 radical (unpaired) electrons. The zero-order chi connectivity index (χ0) is 28.4.